The van der Waals surface area contributed by atoms with Gasteiger partial charge in [0, 0.05) is 0 Å². The molecule has 2 unspecified atom stereocenters. The van der Waals surface area contributed by atoms with Gasteiger partial charge in [-0.2, -0.15) is 0 Å². The molecule has 9 heteroatoms. The monoisotopic (exact) mass is 254 g/mol. The molecule has 1 N–H and O–H groups in total. The Labute approximate surface area is 100 Å². The molecule has 0 amide bonds. The second kappa shape index (κ2) is 4.53. The summed E-state index contributed by atoms with van der Waals surface area (Å²) in [5.74, 6) is -0.986. The van der Waals surface area contributed by atoms with Gasteiger partial charge in [0.15, 0.2) is 5.82 Å². The summed E-state index contributed by atoms with van der Waals surface area (Å²) in [6, 6.07) is -0.348. The van der Waals surface area contributed by atoms with Crippen LogP contribution >= 0.6 is 11.5 Å². The minimum Gasteiger partial charge on any atom is -0.481 e. The highest BCUT2D eigenvalue weighted by molar-refractivity contribution is 7.09. The second-order valence-electron chi connectivity index (χ2n) is 3.60. The topological polar surface area (TPSA) is 107 Å². The molecule has 2 rings (SSSR count). The summed E-state index contributed by atoms with van der Waals surface area (Å²) < 4.78 is 5.21. The molecule has 0 spiro atoms. The third-order valence-corrected chi connectivity index (χ3v) is 3.23. The van der Waals surface area contributed by atoms with Crippen LogP contribution in [0, 0.1) is 5.92 Å². The maximum Gasteiger partial charge on any atom is 0.308 e. The van der Waals surface area contributed by atoms with Gasteiger partial charge in [-0.05, 0) is 35.8 Å². The van der Waals surface area contributed by atoms with E-state index in [1.165, 1.54) is 4.68 Å². The fourth-order valence-corrected chi connectivity index (χ4v) is 1.81. The van der Waals surface area contributed by atoms with Crippen molar-refractivity contribution in [2.24, 2.45) is 5.92 Å². The zero-order chi connectivity index (χ0) is 12.4. The molecule has 0 bridgehead atoms. The summed E-state index contributed by atoms with van der Waals surface area (Å²) >= 11 is 1.16. The smallest absolute Gasteiger partial charge is 0.308 e. The molecule has 2 aromatic rings. The number of carboxylic acid groups (broad SMARTS) is 1. The molecule has 0 aromatic carbocycles. The summed E-state index contributed by atoms with van der Waals surface area (Å²) in [7, 11) is 0. The Morgan fingerprint density at radius 2 is 2.29 bits per heavy atom. The lowest BCUT2D eigenvalue weighted by Crippen LogP contribution is -2.23. The number of hydrogen-bond donors (Lipinski definition) is 1. The number of nitrogens with zero attached hydrogens (tertiary/aromatic N) is 6. The number of aromatic nitrogens is 6. The van der Waals surface area contributed by atoms with E-state index in [0.29, 0.717) is 10.7 Å². The minimum atomic E-state index is -0.888. The quantitative estimate of drug-likeness (QED) is 0.845. The molecular formula is C8H10N6O2S. The average Bonchev–Trinajstić information content (AvgIpc) is 2.96. The lowest BCUT2D eigenvalue weighted by molar-refractivity contribution is -0.142. The SMILES string of the molecule is CC(C(=O)O)C(C)n1nnnc1-c1cnns1. The van der Waals surface area contributed by atoms with Crippen molar-refractivity contribution in [3.63, 3.8) is 0 Å². The maximum atomic E-state index is 10.9. The number of aliphatic carboxylic acids is 1. The van der Waals surface area contributed by atoms with Crippen LogP contribution in [0.3, 0.4) is 0 Å². The van der Waals surface area contributed by atoms with Crippen LogP contribution in [0.2, 0.25) is 0 Å². The molecule has 0 saturated heterocycles. The van der Waals surface area contributed by atoms with Gasteiger partial charge in [-0.15, -0.1) is 10.2 Å². The van der Waals surface area contributed by atoms with Crippen LogP contribution in [0.1, 0.15) is 19.9 Å². The number of hydrogen-bond acceptors (Lipinski definition) is 7. The van der Waals surface area contributed by atoms with E-state index in [9.17, 15) is 4.79 Å². The van der Waals surface area contributed by atoms with E-state index in [4.69, 9.17) is 5.11 Å². The zero-order valence-corrected chi connectivity index (χ0v) is 10.00. The number of carbonyl (C=O) groups is 1. The van der Waals surface area contributed by atoms with Crippen molar-refractivity contribution in [1.82, 2.24) is 29.8 Å². The van der Waals surface area contributed by atoms with Crippen LogP contribution in [-0.2, 0) is 4.79 Å². The first-order valence-corrected chi connectivity index (χ1v) is 5.67. The molecule has 0 aliphatic carbocycles. The highest BCUT2D eigenvalue weighted by atomic mass is 32.1. The Morgan fingerprint density at radius 3 is 2.88 bits per heavy atom. The maximum absolute atomic E-state index is 10.9. The van der Waals surface area contributed by atoms with E-state index in [1.807, 2.05) is 0 Å². The standard InChI is InChI=1S/C8H10N6O2S/c1-4(8(15)16)5(2)14-7(10-11-12-14)6-3-9-13-17-6/h3-5H,1-2H3,(H,15,16). The lowest BCUT2D eigenvalue weighted by atomic mass is 10.0. The van der Waals surface area contributed by atoms with Crippen molar-refractivity contribution >= 4 is 17.5 Å². The van der Waals surface area contributed by atoms with Crippen molar-refractivity contribution < 1.29 is 9.90 Å². The molecule has 90 valence electrons. The van der Waals surface area contributed by atoms with Crippen LogP contribution in [0.15, 0.2) is 6.20 Å². The first-order valence-electron chi connectivity index (χ1n) is 4.89. The molecule has 2 heterocycles. The number of rotatable bonds is 4. The van der Waals surface area contributed by atoms with Gasteiger partial charge in [0.25, 0.3) is 0 Å². The van der Waals surface area contributed by atoms with Crippen molar-refractivity contribution in [2.45, 2.75) is 19.9 Å². The summed E-state index contributed by atoms with van der Waals surface area (Å²) in [5.41, 5.74) is 0. The summed E-state index contributed by atoms with van der Waals surface area (Å²) in [5, 5.41) is 23.9. The molecule has 0 saturated carbocycles. The van der Waals surface area contributed by atoms with Crippen LogP contribution < -0.4 is 0 Å². The predicted molar refractivity (Wildman–Crippen MR) is 58.2 cm³/mol. The fourth-order valence-electron chi connectivity index (χ4n) is 1.31. The van der Waals surface area contributed by atoms with E-state index < -0.39 is 11.9 Å². The number of carboxylic acids is 1. The van der Waals surface area contributed by atoms with Crippen LogP contribution in [0.5, 0.6) is 0 Å². The molecule has 0 aliphatic rings. The van der Waals surface area contributed by atoms with Gasteiger partial charge in [0.05, 0.1) is 18.2 Å². The van der Waals surface area contributed by atoms with Gasteiger partial charge in [0.1, 0.15) is 4.88 Å². The van der Waals surface area contributed by atoms with E-state index in [1.54, 1.807) is 20.0 Å². The summed E-state index contributed by atoms with van der Waals surface area (Å²) in [4.78, 5) is 11.6. The third kappa shape index (κ3) is 2.13. The largest absolute Gasteiger partial charge is 0.481 e. The van der Waals surface area contributed by atoms with E-state index >= 15 is 0 Å². The zero-order valence-electron chi connectivity index (χ0n) is 9.18. The highest BCUT2D eigenvalue weighted by Gasteiger charge is 2.25. The third-order valence-electron chi connectivity index (χ3n) is 2.57. The molecule has 8 nitrogen and oxygen atoms in total. The molecule has 17 heavy (non-hydrogen) atoms. The Balaban J connectivity index is 2.34. The van der Waals surface area contributed by atoms with Crippen molar-refractivity contribution in [2.75, 3.05) is 0 Å². The highest BCUT2D eigenvalue weighted by Crippen LogP contribution is 2.24. The van der Waals surface area contributed by atoms with Gasteiger partial charge >= 0.3 is 5.97 Å². The Kier molecular flexibility index (Phi) is 3.09. The molecule has 0 radical (unpaired) electrons. The first kappa shape index (κ1) is 11.6. The van der Waals surface area contributed by atoms with E-state index in [-0.39, 0.29) is 6.04 Å². The van der Waals surface area contributed by atoms with Crippen LogP contribution in [0.4, 0.5) is 0 Å². The summed E-state index contributed by atoms with van der Waals surface area (Å²) in [6.45, 7) is 3.37. The van der Waals surface area contributed by atoms with Crippen LogP contribution in [0.25, 0.3) is 10.7 Å². The minimum absolute atomic E-state index is 0.348. The van der Waals surface area contributed by atoms with Crippen molar-refractivity contribution in [1.29, 1.82) is 0 Å². The molecule has 0 fully saturated rings. The molecule has 0 aliphatic heterocycles. The van der Waals surface area contributed by atoms with Gasteiger partial charge in [-0.3, -0.25) is 4.79 Å². The Morgan fingerprint density at radius 1 is 1.53 bits per heavy atom. The average molecular weight is 254 g/mol. The molecule has 2 atom stereocenters. The lowest BCUT2D eigenvalue weighted by Gasteiger charge is -2.16. The van der Waals surface area contributed by atoms with E-state index in [2.05, 4.69) is 25.1 Å². The summed E-state index contributed by atoms with van der Waals surface area (Å²) in [6.07, 6.45) is 1.55. The van der Waals surface area contributed by atoms with Crippen LogP contribution in [-0.4, -0.2) is 40.9 Å². The van der Waals surface area contributed by atoms with Crippen molar-refractivity contribution in [3.05, 3.63) is 6.20 Å². The van der Waals surface area contributed by atoms with E-state index in [0.717, 1.165) is 11.5 Å². The normalized spacial score (nSPS) is 14.5. The first-order chi connectivity index (χ1) is 8.11. The van der Waals surface area contributed by atoms with Crippen molar-refractivity contribution in [3.8, 4) is 10.7 Å². The second-order valence-corrected chi connectivity index (χ2v) is 4.38. The predicted octanol–water partition coefficient (Wildman–Crippen LogP) is 0.473. The van der Waals surface area contributed by atoms with Gasteiger partial charge < -0.3 is 5.11 Å². The van der Waals surface area contributed by atoms with Gasteiger partial charge in [0.2, 0.25) is 0 Å². The fraction of sp³-hybridized carbons (Fsp3) is 0.500. The van der Waals surface area contributed by atoms with Gasteiger partial charge in [-0.1, -0.05) is 4.49 Å². The number of tetrazole rings is 1. The molecule has 2 aromatic heterocycles. The Bertz CT molecular complexity index is 510. The van der Waals surface area contributed by atoms with Gasteiger partial charge in [-0.25, -0.2) is 4.68 Å². The Hall–Kier alpha value is -1.90. The molecular weight excluding hydrogens is 244 g/mol.